The van der Waals surface area contributed by atoms with E-state index in [1.54, 1.807) is 0 Å². The zero-order valence-corrected chi connectivity index (χ0v) is 11.3. The fourth-order valence-corrected chi connectivity index (χ4v) is 3.75. The van der Waals surface area contributed by atoms with Crippen LogP contribution in [-0.4, -0.2) is 18.6 Å². The van der Waals surface area contributed by atoms with Gasteiger partial charge in [-0.1, -0.05) is 13.8 Å². The molecule has 0 saturated heterocycles. The van der Waals surface area contributed by atoms with Crippen molar-refractivity contribution in [3.8, 4) is 0 Å². The van der Waals surface area contributed by atoms with Crippen LogP contribution in [0.15, 0.2) is 0 Å². The number of carbonyl (C=O) groups is 1. The van der Waals surface area contributed by atoms with Crippen molar-refractivity contribution in [3.05, 3.63) is 0 Å². The topological polar surface area (TPSA) is 52.3 Å². The molecule has 3 aliphatic carbocycles. The molecule has 2 N–H and O–H groups in total. The lowest BCUT2D eigenvalue weighted by Gasteiger charge is -2.65. The van der Waals surface area contributed by atoms with Gasteiger partial charge >= 0.3 is 5.97 Å². The first-order chi connectivity index (χ1) is 6.81. The van der Waals surface area contributed by atoms with Gasteiger partial charge in [0.25, 0.3) is 0 Å². The summed E-state index contributed by atoms with van der Waals surface area (Å²) in [6.45, 7) is 6.55. The molecule has 4 heteroatoms. The number of hydrogen-bond donors (Lipinski definition) is 1. The number of carbonyl (C=O) groups excluding carboxylic acids is 1. The van der Waals surface area contributed by atoms with Gasteiger partial charge in [-0.3, -0.25) is 4.79 Å². The normalized spacial score (nSPS) is 43.9. The van der Waals surface area contributed by atoms with Gasteiger partial charge < -0.3 is 10.5 Å². The molecule has 3 saturated carbocycles. The van der Waals surface area contributed by atoms with Gasteiger partial charge in [-0.05, 0) is 37.0 Å². The van der Waals surface area contributed by atoms with Crippen molar-refractivity contribution in [1.29, 1.82) is 0 Å². The van der Waals surface area contributed by atoms with E-state index in [0.29, 0.717) is 17.3 Å². The highest BCUT2D eigenvalue weighted by molar-refractivity contribution is 5.85. The lowest BCUT2D eigenvalue weighted by Crippen LogP contribution is -2.69. The molecule has 0 unspecified atom stereocenters. The molecule has 3 rings (SSSR count). The molecule has 0 aromatic carbocycles. The number of halogens is 1. The summed E-state index contributed by atoms with van der Waals surface area (Å²) in [6.07, 6.45) is 2.07. The van der Waals surface area contributed by atoms with Gasteiger partial charge in [0.15, 0.2) is 0 Å². The molecule has 94 valence electrons. The molecule has 3 fully saturated rings. The Hall–Kier alpha value is -0.280. The summed E-state index contributed by atoms with van der Waals surface area (Å²) in [6, 6.07) is 0. The molecule has 2 bridgehead atoms. The number of rotatable bonds is 1. The van der Waals surface area contributed by atoms with E-state index < -0.39 is 5.54 Å². The molecule has 0 amide bonds. The van der Waals surface area contributed by atoms with Crippen molar-refractivity contribution in [2.45, 2.75) is 39.2 Å². The van der Waals surface area contributed by atoms with Gasteiger partial charge in [-0.15, -0.1) is 12.4 Å². The van der Waals surface area contributed by atoms with E-state index in [0.717, 1.165) is 6.42 Å². The molecular weight excluding hydrogens is 226 g/mol. The minimum atomic E-state index is -0.397. The number of nitrogens with two attached hydrogens (primary N) is 1. The Balaban J connectivity index is 0.00000128. The van der Waals surface area contributed by atoms with E-state index in [9.17, 15) is 4.79 Å². The maximum absolute atomic E-state index is 11.7. The quantitative estimate of drug-likeness (QED) is 0.721. The summed E-state index contributed by atoms with van der Waals surface area (Å²) in [5, 5.41) is 0. The number of esters is 1. The molecule has 16 heavy (non-hydrogen) atoms. The third-order valence-corrected chi connectivity index (χ3v) is 4.98. The average Bonchev–Trinajstić information content (AvgIpc) is 2.14. The van der Waals surface area contributed by atoms with Crippen LogP contribution in [0.25, 0.3) is 0 Å². The first-order valence-electron chi connectivity index (χ1n) is 5.68. The van der Waals surface area contributed by atoms with Crippen molar-refractivity contribution < 1.29 is 9.53 Å². The van der Waals surface area contributed by atoms with Crippen LogP contribution < -0.4 is 5.73 Å². The Morgan fingerprint density at radius 1 is 1.31 bits per heavy atom. The summed E-state index contributed by atoms with van der Waals surface area (Å²) in [5.41, 5.74) is 6.26. The summed E-state index contributed by atoms with van der Waals surface area (Å²) in [4.78, 5) is 11.7. The fourth-order valence-electron chi connectivity index (χ4n) is 3.75. The van der Waals surface area contributed by atoms with E-state index >= 15 is 0 Å². The molecular formula is C12H22ClNO2. The third kappa shape index (κ3) is 1.56. The Morgan fingerprint density at radius 3 is 2.25 bits per heavy atom. The van der Waals surface area contributed by atoms with Crippen LogP contribution >= 0.6 is 12.4 Å². The lowest BCUT2D eigenvalue weighted by molar-refractivity contribution is -0.175. The van der Waals surface area contributed by atoms with E-state index in [2.05, 4.69) is 13.8 Å². The predicted molar refractivity (Wildman–Crippen MR) is 65.3 cm³/mol. The molecule has 3 aliphatic rings. The van der Waals surface area contributed by atoms with Crippen molar-refractivity contribution in [2.75, 3.05) is 7.11 Å². The van der Waals surface area contributed by atoms with Crippen molar-refractivity contribution in [2.24, 2.45) is 28.9 Å². The molecule has 0 aromatic rings. The maximum Gasteiger partial charge on any atom is 0.310 e. The van der Waals surface area contributed by atoms with Gasteiger partial charge in [0.1, 0.15) is 0 Å². The average molecular weight is 248 g/mol. The standard InChI is InChI=1S/C12H21NO2.ClH/c1-11(2)7-5-8(10(14)15-4)12(3,13)9(11)6-7;/h7-9H,5-6,13H2,1-4H3;1H/t7-,8+,9+,12-;/m1./s1. The second kappa shape index (κ2) is 3.88. The zero-order valence-electron chi connectivity index (χ0n) is 10.4. The Morgan fingerprint density at radius 2 is 1.88 bits per heavy atom. The van der Waals surface area contributed by atoms with E-state index in [1.807, 2.05) is 6.92 Å². The second-order valence-electron chi connectivity index (χ2n) is 5.98. The minimum Gasteiger partial charge on any atom is -0.469 e. The maximum atomic E-state index is 11.7. The van der Waals surface area contributed by atoms with Crippen LogP contribution in [-0.2, 0) is 9.53 Å². The molecule has 0 spiro atoms. The van der Waals surface area contributed by atoms with Crippen LogP contribution in [0, 0.1) is 23.2 Å². The summed E-state index contributed by atoms with van der Waals surface area (Å²) >= 11 is 0. The first-order valence-corrected chi connectivity index (χ1v) is 5.68. The third-order valence-electron chi connectivity index (χ3n) is 4.98. The number of ether oxygens (including phenoxy) is 1. The van der Waals surface area contributed by atoms with Gasteiger partial charge in [0.2, 0.25) is 0 Å². The monoisotopic (exact) mass is 247 g/mol. The number of fused-ring (bicyclic) bond motifs is 2. The van der Waals surface area contributed by atoms with Crippen LogP contribution in [0.4, 0.5) is 0 Å². The number of methoxy groups -OCH3 is 1. The highest BCUT2D eigenvalue weighted by Gasteiger charge is 2.63. The van der Waals surface area contributed by atoms with E-state index in [1.165, 1.54) is 13.5 Å². The predicted octanol–water partition coefficient (Wildman–Crippen LogP) is 1.98. The van der Waals surface area contributed by atoms with Gasteiger partial charge in [-0.2, -0.15) is 0 Å². The Kier molecular flexibility index (Phi) is 3.34. The zero-order chi connectivity index (χ0) is 11.4. The van der Waals surface area contributed by atoms with Crippen LogP contribution in [0.1, 0.15) is 33.6 Å². The van der Waals surface area contributed by atoms with Crippen LogP contribution in [0.5, 0.6) is 0 Å². The summed E-state index contributed by atoms with van der Waals surface area (Å²) in [5.74, 6) is 0.848. The molecule has 0 aromatic heterocycles. The lowest BCUT2D eigenvalue weighted by atomic mass is 9.41. The summed E-state index contributed by atoms with van der Waals surface area (Å²) < 4.78 is 4.84. The molecule has 0 aliphatic heterocycles. The van der Waals surface area contributed by atoms with Gasteiger partial charge in [0, 0.05) is 5.54 Å². The molecule has 0 radical (unpaired) electrons. The SMILES string of the molecule is COC(=O)[C@@H]1C[C@@H]2C[C@@H](C2(C)C)[C@]1(C)N.Cl. The van der Waals surface area contributed by atoms with Crippen LogP contribution in [0.3, 0.4) is 0 Å². The van der Waals surface area contributed by atoms with Gasteiger partial charge in [0.05, 0.1) is 13.0 Å². The first kappa shape index (κ1) is 13.8. The Labute approximate surface area is 104 Å². The van der Waals surface area contributed by atoms with Crippen molar-refractivity contribution in [1.82, 2.24) is 0 Å². The van der Waals surface area contributed by atoms with E-state index in [4.69, 9.17) is 10.5 Å². The fraction of sp³-hybridized carbons (Fsp3) is 0.917. The summed E-state index contributed by atoms with van der Waals surface area (Å²) in [7, 11) is 1.45. The minimum absolute atomic E-state index is 0. The van der Waals surface area contributed by atoms with E-state index in [-0.39, 0.29) is 24.3 Å². The molecule has 4 atom stereocenters. The molecule has 0 heterocycles. The highest BCUT2D eigenvalue weighted by atomic mass is 35.5. The second-order valence-corrected chi connectivity index (χ2v) is 5.98. The smallest absolute Gasteiger partial charge is 0.310 e. The van der Waals surface area contributed by atoms with Crippen molar-refractivity contribution >= 4 is 18.4 Å². The highest BCUT2D eigenvalue weighted by Crippen LogP contribution is 2.63. The van der Waals surface area contributed by atoms with Crippen LogP contribution in [0.2, 0.25) is 0 Å². The Bertz CT molecular complexity index is 301. The van der Waals surface area contributed by atoms with Crippen molar-refractivity contribution in [3.63, 3.8) is 0 Å². The molecule has 3 nitrogen and oxygen atoms in total. The number of hydrogen-bond acceptors (Lipinski definition) is 3. The van der Waals surface area contributed by atoms with Gasteiger partial charge in [-0.25, -0.2) is 0 Å². The largest absolute Gasteiger partial charge is 0.469 e.